The molecule has 0 unspecified atom stereocenters. The Hall–Kier alpha value is -2.80. The van der Waals surface area contributed by atoms with E-state index in [0.29, 0.717) is 25.7 Å². The van der Waals surface area contributed by atoms with Crippen LogP contribution < -0.4 is 16.0 Å². The van der Waals surface area contributed by atoms with Gasteiger partial charge in [-0.2, -0.15) is 0 Å². The highest BCUT2D eigenvalue weighted by Crippen LogP contribution is 2.31. The van der Waals surface area contributed by atoms with Crippen molar-refractivity contribution < 1.29 is 123 Å². The maximum absolute atomic E-state index is 13.2. The Balaban J connectivity index is 1.36. The lowest BCUT2D eigenvalue weighted by atomic mass is 9.96. The predicted octanol–water partition coefficient (Wildman–Crippen LogP) is -9.90. The number of carbonyl (C=O) groups excluding carboxylic acids is 4. The first-order valence-corrected chi connectivity index (χ1v) is 23.0. The fourth-order valence-electron chi connectivity index (χ4n) is 7.80. The largest absolute Gasteiger partial charge is 0.394 e. The number of unbranched alkanes of at least 4 members (excludes halogenated alkanes) is 2. The van der Waals surface area contributed by atoms with Crippen LogP contribution in [0.1, 0.15) is 39.5 Å². The minimum atomic E-state index is -1.97. The predicted molar refractivity (Wildman–Crippen MR) is 228 cm³/mol. The number of aliphatic hydroxyl groups excluding tert-OH is 13. The third kappa shape index (κ3) is 17.1. The van der Waals surface area contributed by atoms with E-state index in [-0.39, 0.29) is 32.0 Å². The highest BCUT2D eigenvalue weighted by atomic mass is 16.8. The molecular weight excluding hydrogens is 948 g/mol. The van der Waals surface area contributed by atoms with Crippen molar-refractivity contribution in [1.29, 1.82) is 0 Å². The molecule has 406 valence electrons. The average Bonchev–Trinajstić information content (AvgIpc) is 3.32. The van der Waals surface area contributed by atoms with Gasteiger partial charge in [0.2, 0.25) is 17.7 Å². The molecule has 4 saturated heterocycles. The van der Waals surface area contributed by atoms with Gasteiger partial charge in [0.05, 0.1) is 58.8 Å². The van der Waals surface area contributed by atoms with Crippen molar-refractivity contribution in [2.75, 3.05) is 72.3 Å². The molecule has 4 heterocycles. The molecule has 3 amide bonds. The maximum Gasteiger partial charge on any atom is 0.234 e. The lowest BCUT2D eigenvalue weighted by molar-refractivity contribution is -0.366. The van der Waals surface area contributed by atoms with Crippen LogP contribution in [0.15, 0.2) is 0 Å². The number of ketones is 1. The third-order valence-electron chi connectivity index (χ3n) is 11.9. The molecule has 0 bridgehead atoms. The number of hydrogen-bond acceptors (Lipinski definition) is 26. The number of Topliss-reactive ketones (excluding diaryl/α,β-unsaturated/α-hetero) is 1. The topological polar surface area (TPSA) is 444 Å². The number of hydrogen-bond donors (Lipinski definition) is 16. The summed E-state index contributed by atoms with van der Waals surface area (Å²) >= 11 is 0. The van der Waals surface area contributed by atoms with Crippen molar-refractivity contribution in [2.45, 2.75) is 162 Å². The van der Waals surface area contributed by atoms with Crippen LogP contribution >= 0.6 is 0 Å². The van der Waals surface area contributed by atoms with E-state index >= 15 is 0 Å². The van der Waals surface area contributed by atoms with Gasteiger partial charge in [-0.15, -0.1) is 0 Å². The first-order valence-electron chi connectivity index (χ1n) is 23.0. The summed E-state index contributed by atoms with van der Waals surface area (Å²) in [5.41, 5.74) is 0. The van der Waals surface area contributed by atoms with E-state index in [2.05, 4.69) is 16.0 Å². The standard InChI is InChI=1S/C41H72N4O25/c1-18(48)6-4-3-5-7-42-23(49)12-45(13-24(50)43-8-10-63-38-33(59)30(56)26(52)19(2)66-38)14-25(51)44-9-11-64-40-36(62)37(70-41-35(61)32(58)28(54)21(16-47)68-41)29(55)22(69-40)17-65-39-34(60)31(57)27(53)20(15-46)67-39/h19-22,26-41,46-47,52-62H,3-17H2,1-2H3,(H,42,49)(H,43,50)(H,44,51)/t19-,20+,21+,22+,26+,27+,28+,29+,30+,31-,32-,33-,34-,35-,36-,37-,38+,39-,40-,41+/m0/s1. The Morgan fingerprint density at radius 1 is 0.486 bits per heavy atom. The summed E-state index contributed by atoms with van der Waals surface area (Å²) in [6.07, 6.45) is -30.7. The van der Waals surface area contributed by atoms with Crippen LogP contribution in [0.3, 0.4) is 0 Å². The fourth-order valence-corrected chi connectivity index (χ4v) is 7.80. The summed E-state index contributed by atoms with van der Waals surface area (Å²) in [7, 11) is 0. The molecule has 29 nitrogen and oxygen atoms in total. The van der Waals surface area contributed by atoms with E-state index in [1.54, 1.807) is 0 Å². The zero-order valence-corrected chi connectivity index (χ0v) is 38.8. The molecule has 0 radical (unpaired) electrons. The second-order valence-electron chi connectivity index (χ2n) is 17.5. The number of amides is 3. The Morgan fingerprint density at radius 3 is 1.44 bits per heavy atom. The molecule has 0 aromatic carbocycles. The van der Waals surface area contributed by atoms with Crippen molar-refractivity contribution in [3.05, 3.63) is 0 Å². The Morgan fingerprint density at radius 2 is 0.929 bits per heavy atom. The molecule has 29 heteroatoms. The highest BCUT2D eigenvalue weighted by molar-refractivity contribution is 5.84. The van der Waals surface area contributed by atoms with Gasteiger partial charge < -0.3 is 125 Å². The smallest absolute Gasteiger partial charge is 0.234 e. The van der Waals surface area contributed by atoms with E-state index in [9.17, 15) is 85.6 Å². The maximum atomic E-state index is 13.2. The van der Waals surface area contributed by atoms with Gasteiger partial charge in [0, 0.05) is 26.1 Å². The first kappa shape index (κ1) is 59.8. The van der Waals surface area contributed by atoms with E-state index in [0.717, 1.165) is 0 Å². The van der Waals surface area contributed by atoms with E-state index in [1.807, 2.05) is 0 Å². The van der Waals surface area contributed by atoms with Crippen LogP contribution in [-0.4, -0.2) is 290 Å². The Kier molecular flexibility index (Phi) is 24.9. The van der Waals surface area contributed by atoms with E-state index < -0.39 is 187 Å². The van der Waals surface area contributed by atoms with Crippen LogP contribution in [0.4, 0.5) is 0 Å². The van der Waals surface area contributed by atoms with Gasteiger partial charge in [-0.25, -0.2) is 0 Å². The lowest BCUT2D eigenvalue weighted by Crippen LogP contribution is -2.65. The van der Waals surface area contributed by atoms with Gasteiger partial charge in [0.15, 0.2) is 25.2 Å². The summed E-state index contributed by atoms with van der Waals surface area (Å²) < 4.78 is 44.2. The van der Waals surface area contributed by atoms with Gasteiger partial charge >= 0.3 is 0 Å². The second kappa shape index (κ2) is 29.2. The summed E-state index contributed by atoms with van der Waals surface area (Å²) in [5.74, 6) is -1.82. The van der Waals surface area contributed by atoms with Gasteiger partial charge in [-0.1, -0.05) is 6.42 Å². The second-order valence-corrected chi connectivity index (χ2v) is 17.5. The van der Waals surface area contributed by atoms with Gasteiger partial charge in [0.25, 0.3) is 0 Å². The number of nitrogens with one attached hydrogen (secondary N) is 3. The minimum absolute atomic E-state index is 0.0439. The van der Waals surface area contributed by atoms with E-state index in [1.165, 1.54) is 18.7 Å². The Labute approximate surface area is 402 Å². The van der Waals surface area contributed by atoms with Crippen molar-refractivity contribution in [2.24, 2.45) is 0 Å². The van der Waals surface area contributed by atoms with Crippen LogP contribution in [0.2, 0.25) is 0 Å². The van der Waals surface area contributed by atoms with Crippen molar-refractivity contribution in [3.8, 4) is 0 Å². The van der Waals surface area contributed by atoms with Crippen LogP contribution in [-0.2, 0) is 57.1 Å². The number of ether oxygens (including phenoxy) is 8. The summed E-state index contributed by atoms with van der Waals surface area (Å²) in [6, 6.07) is 0. The number of nitrogens with zero attached hydrogens (tertiary/aromatic N) is 1. The zero-order chi connectivity index (χ0) is 51.8. The molecule has 4 rings (SSSR count). The zero-order valence-electron chi connectivity index (χ0n) is 38.8. The molecule has 4 aliphatic heterocycles. The molecule has 70 heavy (non-hydrogen) atoms. The first-order chi connectivity index (χ1) is 33.2. The van der Waals surface area contributed by atoms with Gasteiger partial charge in [0.1, 0.15) is 97.3 Å². The summed E-state index contributed by atoms with van der Waals surface area (Å²) in [5, 5.41) is 142. The highest BCUT2D eigenvalue weighted by Gasteiger charge is 2.52. The minimum Gasteiger partial charge on any atom is -0.394 e. The van der Waals surface area contributed by atoms with Crippen LogP contribution in [0.25, 0.3) is 0 Å². The number of carbonyl (C=O) groups is 4. The molecule has 20 atom stereocenters. The number of aliphatic hydroxyl groups is 13. The van der Waals surface area contributed by atoms with Gasteiger partial charge in [-0.05, 0) is 26.7 Å². The Bertz CT molecular complexity index is 1610. The summed E-state index contributed by atoms with van der Waals surface area (Å²) in [6.45, 7) is -1.52. The lowest BCUT2D eigenvalue weighted by Gasteiger charge is -2.46. The van der Waals surface area contributed by atoms with Crippen molar-refractivity contribution >= 4 is 23.5 Å². The molecular formula is C41H72N4O25. The average molecular weight is 1020 g/mol. The molecule has 4 aliphatic rings. The van der Waals surface area contributed by atoms with Gasteiger partial charge in [-0.3, -0.25) is 19.3 Å². The van der Waals surface area contributed by atoms with Crippen LogP contribution in [0, 0.1) is 0 Å². The van der Waals surface area contributed by atoms with Crippen LogP contribution in [0.5, 0.6) is 0 Å². The fraction of sp³-hybridized carbons (Fsp3) is 0.902. The molecule has 0 spiro atoms. The molecule has 4 fully saturated rings. The normalized spacial score (nSPS) is 38.0. The third-order valence-corrected chi connectivity index (χ3v) is 11.9. The van der Waals surface area contributed by atoms with Crippen molar-refractivity contribution in [3.63, 3.8) is 0 Å². The van der Waals surface area contributed by atoms with E-state index in [4.69, 9.17) is 37.9 Å². The SMILES string of the molecule is CC(=O)CCCCCNC(=O)CN(CC(=O)NCCO[C@@H]1O[C@@H](C)[C@@H](O)[C@@H](O)[C@@H]1O)CC(=O)NCCO[C@H]1O[C@H](CO[C@H]2O[C@H](CO)[C@@H](O)[C@H](O)[C@@H]2O)[C@@H](O)[C@H](O[C@H]2O[C@H](CO)[C@@H](O)[C@H](O)[C@@H]2O)[C@@H]1O. The number of rotatable bonds is 27. The molecule has 0 saturated carbocycles. The molecule has 0 aromatic heterocycles. The molecule has 0 aromatic rings. The monoisotopic (exact) mass is 1020 g/mol. The molecule has 0 aliphatic carbocycles. The summed E-state index contributed by atoms with van der Waals surface area (Å²) in [4.78, 5) is 51.5. The molecule has 16 N–H and O–H groups in total. The van der Waals surface area contributed by atoms with Crippen molar-refractivity contribution in [1.82, 2.24) is 20.9 Å². The quantitative estimate of drug-likeness (QED) is 0.0340.